The molecule has 0 saturated carbocycles. The molecule has 0 aliphatic carbocycles. The molecule has 1 heterocycles. The van der Waals surface area contributed by atoms with E-state index in [1.54, 1.807) is 11.0 Å². The molecule has 2 atom stereocenters. The van der Waals surface area contributed by atoms with Crippen LogP contribution in [0.3, 0.4) is 0 Å². The van der Waals surface area contributed by atoms with Crippen LogP contribution in [0, 0.1) is 5.82 Å². The van der Waals surface area contributed by atoms with E-state index in [0.717, 1.165) is 18.4 Å². The van der Waals surface area contributed by atoms with Crippen LogP contribution < -0.4 is 15.4 Å². The fraction of sp³-hybridized carbons (Fsp3) is 0.484. The first-order chi connectivity index (χ1) is 18.9. The average Bonchev–Trinajstić information content (AvgIpc) is 2.91. The highest BCUT2D eigenvalue weighted by atomic mass is 19.1. The molecule has 3 N–H and O–H groups in total. The van der Waals surface area contributed by atoms with E-state index in [4.69, 9.17) is 4.74 Å². The number of carbonyl (C=O) groups is 2. The van der Waals surface area contributed by atoms with Gasteiger partial charge in [-0.3, -0.25) is 9.59 Å². The molecule has 8 heteroatoms. The highest BCUT2D eigenvalue weighted by Gasteiger charge is 2.23. The minimum absolute atomic E-state index is 0.00110. The maximum absolute atomic E-state index is 14.4. The number of benzene rings is 2. The fourth-order valence-corrected chi connectivity index (χ4v) is 4.66. The Bertz CT molecular complexity index is 1110. The van der Waals surface area contributed by atoms with Gasteiger partial charge in [0.25, 0.3) is 0 Å². The zero-order valence-electron chi connectivity index (χ0n) is 23.1. The molecule has 0 spiro atoms. The Balaban J connectivity index is 1.73. The van der Waals surface area contributed by atoms with Gasteiger partial charge in [0.1, 0.15) is 18.2 Å². The SMILES string of the molecule is CCCN1CC=CCOc2cc(F)cc(c2)CC(C(O)CNCc2cccc(CC)c2)NC(=O)CCCC1=O. The van der Waals surface area contributed by atoms with Crippen molar-refractivity contribution in [1.82, 2.24) is 15.5 Å². The van der Waals surface area contributed by atoms with Crippen molar-refractivity contribution >= 4 is 11.8 Å². The summed E-state index contributed by atoms with van der Waals surface area (Å²) in [5.41, 5.74) is 2.97. The summed E-state index contributed by atoms with van der Waals surface area (Å²) in [5.74, 6) is -0.325. The summed E-state index contributed by atoms with van der Waals surface area (Å²) in [4.78, 5) is 27.3. The van der Waals surface area contributed by atoms with Crippen LogP contribution in [0.4, 0.5) is 4.39 Å². The summed E-state index contributed by atoms with van der Waals surface area (Å²) in [6.45, 7) is 6.27. The molecule has 2 bridgehead atoms. The molecule has 2 aromatic carbocycles. The van der Waals surface area contributed by atoms with Crippen LogP contribution in [0.2, 0.25) is 0 Å². The topological polar surface area (TPSA) is 90.9 Å². The van der Waals surface area contributed by atoms with Crippen LogP contribution in [0.15, 0.2) is 54.6 Å². The number of rotatable bonds is 8. The van der Waals surface area contributed by atoms with Gasteiger partial charge >= 0.3 is 0 Å². The zero-order chi connectivity index (χ0) is 28.0. The standard InChI is InChI=1S/C31H42FN3O4/c1-3-13-35-14-5-6-15-39-27-18-25(17-26(32)20-27)19-28(34-30(37)11-8-12-31(35)38)29(36)22-33-21-24-10-7-9-23(4-2)16-24/h5-7,9-10,16-18,20,28-29,33,36H,3-4,8,11-15,19,21-22H2,1-2H3,(H,34,37). The molecule has 2 aromatic rings. The van der Waals surface area contributed by atoms with Crippen molar-refractivity contribution in [1.29, 1.82) is 0 Å². The number of carbonyl (C=O) groups excluding carboxylic acids is 2. The van der Waals surface area contributed by atoms with Crippen molar-refractivity contribution < 1.29 is 23.8 Å². The number of nitrogens with one attached hydrogen (secondary N) is 2. The minimum Gasteiger partial charge on any atom is -0.489 e. The third-order valence-corrected chi connectivity index (χ3v) is 6.76. The molecule has 212 valence electrons. The van der Waals surface area contributed by atoms with E-state index in [2.05, 4.69) is 29.7 Å². The summed E-state index contributed by atoms with van der Waals surface area (Å²) >= 11 is 0. The normalized spacial score (nSPS) is 18.3. The summed E-state index contributed by atoms with van der Waals surface area (Å²) in [5, 5.41) is 17.3. The largest absolute Gasteiger partial charge is 0.489 e. The highest BCUT2D eigenvalue weighted by molar-refractivity contribution is 5.79. The van der Waals surface area contributed by atoms with Crippen LogP contribution in [0.25, 0.3) is 0 Å². The summed E-state index contributed by atoms with van der Waals surface area (Å²) in [7, 11) is 0. The molecule has 3 rings (SSSR count). The number of fused-ring (bicyclic) bond motifs is 2. The number of hydrogen-bond donors (Lipinski definition) is 3. The van der Waals surface area contributed by atoms with Crippen LogP contribution in [-0.4, -0.2) is 60.2 Å². The van der Waals surface area contributed by atoms with E-state index < -0.39 is 18.0 Å². The second kappa shape index (κ2) is 16.0. The molecule has 0 aromatic heterocycles. The summed E-state index contributed by atoms with van der Waals surface area (Å²) in [6, 6.07) is 12.0. The molecule has 1 aliphatic rings. The number of hydrogen-bond acceptors (Lipinski definition) is 5. The minimum atomic E-state index is -0.914. The molecule has 0 saturated heterocycles. The van der Waals surface area contributed by atoms with E-state index in [1.807, 2.05) is 31.2 Å². The van der Waals surface area contributed by atoms with Gasteiger partial charge in [-0.15, -0.1) is 0 Å². The Hall–Kier alpha value is -3.23. The number of nitrogens with zero attached hydrogens (tertiary/aromatic N) is 1. The third-order valence-electron chi connectivity index (χ3n) is 6.76. The molecule has 0 radical (unpaired) electrons. The van der Waals surface area contributed by atoms with Crippen molar-refractivity contribution in [2.75, 3.05) is 26.2 Å². The Labute approximate surface area is 231 Å². The first-order valence-electron chi connectivity index (χ1n) is 14.0. The fourth-order valence-electron chi connectivity index (χ4n) is 4.66. The van der Waals surface area contributed by atoms with Crippen molar-refractivity contribution in [3.05, 3.63) is 77.1 Å². The lowest BCUT2D eigenvalue weighted by molar-refractivity contribution is -0.131. The number of aliphatic hydroxyl groups excluding tert-OH is 1. The lowest BCUT2D eigenvalue weighted by Gasteiger charge is -2.25. The number of halogens is 1. The van der Waals surface area contributed by atoms with E-state index in [-0.39, 0.29) is 44.2 Å². The van der Waals surface area contributed by atoms with Crippen molar-refractivity contribution in [2.24, 2.45) is 0 Å². The molecule has 0 fully saturated rings. The quantitative estimate of drug-likeness (QED) is 0.443. The predicted octanol–water partition coefficient (Wildman–Crippen LogP) is 3.92. The summed E-state index contributed by atoms with van der Waals surface area (Å²) in [6.07, 6.45) is 5.64. The van der Waals surface area contributed by atoms with E-state index >= 15 is 0 Å². The first-order valence-corrected chi connectivity index (χ1v) is 14.0. The predicted molar refractivity (Wildman–Crippen MR) is 151 cm³/mol. The van der Waals surface area contributed by atoms with Crippen molar-refractivity contribution in [3.8, 4) is 5.75 Å². The summed E-state index contributed by atoms with van der Waals surface area (Å²) < 4.78 is 20.2. The maximum atomic E-state index is 14.4. The number of aliphatic hydroxyl groups is 1. The lowest BCUT2D eigenvalue weighted by atomic mass is 10.00. The Morgan fingerprint density at radius 2 is 1.95 bits per heavy atom. The van der Waals surface area contributed by atoms with Gasteiger partial charge in [0.05, 0.1) is 12.1 Å². The molecular formula is C31H42FN3O4. The van der Waals surface area contributed by atoms with Gasteiger partial charge in [0, 0.05) is 45.1 Å². The van der Waals surface area contributed by atoms with E-state index in [0.29, 0.717) is 37.4 Å². The van der Waals surface area contributed by atoms with Crippen molar-refractivity contribution in [2.45, 2.75) is 71.1 Å². The monoisotopic (exact) mass is 539 g/mol. The van der Waals surface area contributed by atoms with Gasteiger partial charge in [0.15, 0.2) is 0 Å². The number of aryl methyl sites for hydroxylation is 1. The van der Waals surface area contributed by atoms with E-state index in [1.165, 1.54) is 17.7 Å². The Morgan fingerprint density at radius 3 is 2.74 bits per heavy atom. The first kappa shape index (κ1) is 30.3. The molecule has 1 aliphatic heterocycles. The van der Waals surface area contributed by atoms with Gasteiger partial charge in [-0.25, -0.2) is 4.39 Å². The smallest absolute Gasteiger partial charge is 0.222 e. The van der Waals surface area contributed by atoms with Gasteiger partial charge in [-0.2, -0.15) is 0 Å². The molecule has 2 unspecified atom stereocenters. The van der Waals surface area contributed by atoms with Crippen LogP contribution in [0.5, 0.6) is 5.75 Å². The molecule has 7 nitrogen and oxygen atoms in total. The van der Waals surface area contributed by atoms with Crippen LogP contribution in [0.1, 0.15) is 56.2 Å². The van der Waals surface area contributed by atoms with Crippen LogP contribution in [-0.2, 0) is 29.0 Å². The van der Waals surface area contributed by atoms with Gasteiger partial charge < -0.3 is 25.4 Å². The third kappa shape index (κ3) is 10.5. The molecule has 39 heavy (non-hydrogen) atoms. The van der Waals surface area contributed by atoms with Gasteiger partial charge in [-0.05, 0) is 60.6 Å². The molecular weight excluding hydrogens is 497 g/mol. The van der Waals surface area contributed by atoms with Crippen molar-refractivity contribution in [3.63, 3.8) is 0 Å². The van der Waals surface area contributed by atoms with Crippen LogP contribution >= 0.6 is 0 Å². The number of amides is 2. The van der Waals surface area contributed by atoms with E-state index in [9.17, 15) is 19.1 Å². The Kier molecular flexibility index (Phi) is 12.4. The van der Waals surface area contributed by atoms with Gasteiger partial charge in [0.2, 0.25) is 11.8 Å². The van der Waals surface area contributed by atoms with Gasteiger partial charge in [-0.1, -0.05) is 44.2 Å². The Morgan fingerprint density at radius 1 is 1.13 bits per heavy atom. The lowest BCUT2D eigenvalue weighted by Crippen LogP contribution is -2.48. The highest BCUT2D eigenvalue weighted by Crippen LogP contribution is 2.19. The second-order valence-corrected chi connectivity index (χ2v) is 10.0. The number of ether oxygens (including phenoxy) is 1. The zero-order valence-corrected chi connectivity index (χ0v) is 23.1. The second-order valence-electron chi connectivity index (χ2n) is 10.0. The average molecular weight is 540 g/mol. The maximum Gasteiger partial charge on any atom is 0.222 e. The molecule has 2 amide bonds.